The van der Waals surface area contributed by atoms with Gasteiger partial charge in [-0.25, -0.2) is 13.6 Å². The predicted molar refractivity (Wildman–Crippen MR) is 59.4 cm³/mol. The molecule has 1 N–H and O–H groups in total. The van der Waals surface area contributed by atoms with Crippen LogP contribution in [0, 0.1) is 11.6 Å². The summed E-state index contributed by atoms with van der Waals surface area (Å²) in [5, 5.41) is 8.37. The maximum atomic E-state index is 13.6. The highest BCUT2D eigenvalue weighted by Crippen LogP contribution is 2.31. The van der Waals surface area contributed by atoms with Gasteiger partial charge in [-0.15, -0.1) is 0 Å². The highest BCUT2D eigenvalue weighted by molar-refractivity contribution is 6.31. The first-order valence-corrected chi connectivity index (χ1v) is 5.44. The van der Waals surface area contributed by atoms with Crippen LogP contribution < -0.4 is 4.74 Å². The Morgan fingerprint density at radius 2 is 2.17 bits per heavy atom. The monoisotopic (exact) mass is 280 g/mol. The number of carbonyl (C=O) groups is 1. The second-order valence-electron chi connectivity index (χ2n) is 3.23. The van der Waals surface area contributed by atoms with Crippen LogP contribution in [0.5, 0.6) is 5.75 Å². The lowest BCUT2D eigenvalue weighted by atomic mass is 10.2. The van der Waals surface area contributed by atoms with Crippen LogP contribution >= 0.6 is 11.6 Å². The van der Waals surface area contributed by atoms with Crippen LogP contribution in [0.15, 0.2) is 6.07 Å². The molecule has 0 saturated heterocycles. The number of halogens is 3. The Kier molecular flexibility index (Phi) is 5.30. The molecule has 0 spiro atoms. The van der Waals surface area contributed by atoms with Gasteiger partial charge in [0.2, 0.25) is 0 Å². The Morgan fingerprint density at radius 3 is 2.72 bits per heavy atom. The van der Waals surface area contributed by atoms with Gasteiger partial charge < -0.3 is 14.6 Å². The number of hydrogen-bond donors (Lipinski definition) is 1. The fraction of sp³-hybridized carbons (Fsp3) is 0.364. The molecule has 4 nitrogen and oxygen atoms in total. The van der Waals surface area contributed by atoms with Crippen LogP contribution in [0.3, 0.4) is 0 Å². The fourth-order valence-electron chi connectivity index (χ4n) is 1.21. The molecule has 0 atom stereocenters. The van der Waals surface area contributed by atoms with E-state index in [2.05, 4.69) is 9.47 Å². The summed E-state index contributed by atoms with van der Waals surface area (Å²) in [6.07, 6.45) is 0. The quantitative estimate of drug-likeness (QED) is 0.662. The van der Waals surface area contributed by atoms with Gasteiger partial charge in [-0.05, 0) is 13.0 Å². The molecular formula is C11H11ClF2O4. The minimum absolute atomic E-state index is 0.102. The van der Waals surface area contributed by atoms with Crippen molar-refractivity contribution in [1.29, 1.82) is 0 Å². The van der Waals surface area contributed by atoms with Crippen molar-refractivity contribution < 1.29 is 28.2 Å². The molecule has 0 saturated carbocycles. The van der Waals surface area contributed by atoms with E-state index in [1.54, 1.807) is 6.92 Å². The molecule has 0 fully saturated rings. The molecule has 0 amide bonds. The molecule has 0 unspecified atom stereocenters. The van der Waals surface area contributed by atoms with E-state index in [1.165, 1.54) is 0 Å². The zero-order valence-electron chi connectivity index (χ0n) is 9.50. The summed E-state index contributed by atoms with van der Waals surface area (Å²) in [7, 11) is 0. The number of carbonyl (C=O) groups excluding carboxylic acids is 1. The first-order chi connectivity index (χ1) is 8.51. The molecule has 1 aromatic carbocycles. The lowest BCUT2D eigenvalue weighted by Gasteiger charge is -2.10. The average Bonchev–Trinajstić information content (AvgIpc) is 2.34. The van der Waals surface area contributed by atoms with E-state index in [9.17, 15) is 13.6 Å². The van der Waals surface area contributed by atoms with Crippen molar-refractivity contribution in [3.05, 3.63) is 28.3 Å². The van der Waals surface area contributed by atoms with E-state index in [4.69, 9.17) is 16.7 Å². The maximum absolute atomic E-state index is 13.6. The minimum atomic E-state index is -1.16. The summed E-state index contributed by atoms with van der Waals surface area (Å²) in [5.41, 5.74) is -0.102. The van der Waals surface area contributed by atoms with Crippen LogP contribution in [0.2, 0.25) is 5.02 Å². The van der Waals surface area contributed by atoms with E-state index < -0.39 is 41.6 Å². The zero-order valence-corrected chi connectivity index (χ0v) is 10.3. The summed E-state index contributed by atoms with van der Waals surface area (Å²) in [6, 6.07) is 0.839. The smallest absolute Gasteiger partial charge is 0.344 e. The summed E-state index contributed by atoms with van der Waals surface area (Å²) in [4.78, 5) is 11.0. The fourth-order valence-corrected chi connectivity index (χ4v) is 1.41. The van der Waals surface area contributed by atoms with Crippen molar-refractivity contribution in [1.82, 2.24) is 0 Å². The Morgan fingerprint density at radius 1 is 1.50 bits per heavy atom. The Hall–Kier alpha value is -1.40. The van der Waals surface area contributed by atoms with Gasteiger partial charge in [-0.1, -0.05) is 11.6 Å². The van der Waals surface area contributed by atoms with Crippen molar-refractivity contribution in [2.24, 2.45) is 0 Å². The minimum Gasteiger partial charge on any atom is -0.476 e. The maximum Gasteiger partial charge on any atom is 0.344 e. The van der Waals surface area contributed by atoms with Gasteiger partial charge in [-0.2, -0.15) is 0 Å². The normalized spacial score (nSPS) is 10.3. The Bertz CT molecular complexity index is 451. The molecule has 18 heavy (non-hydrogen) atoms. The number of benzene rings is 1. The predicted octanol–water partition coefficient (Wildman–Crippen LogP) is 2.05. The van der Waals surface area contributed by atoms with E-state index in [0.717, 1.165) is 6.07 Å². The lowest BCUT2D eigenvalue weighted by molar-refractivity contribution is -0.145. The molecule has 1 aromatic rings. The van der Waals surface area contributed by atoms with Gasteiger partial charge in [0.25, 0.3) is 0 Å². The molecular weight excluding hydrogens is 270 g/mol. The van der Waals surface area contributed by atoms with E-state index in [1.807, 2.05) is 0 Å². The second-order valence-corrected chi connectivity index (χ2v) is 3.60. The van der Waals surface area contributed by atoms with Gasteiger partial charge in [0.1, 0.15) is 0 Å². The lowest BCUT2D eigenvalue weighted by Crippen LogP contribution is -2.16. The average molecular weight is 281 g/mol. The van der Waals surface area contributed by atoms with Crippen LogP contribution in [0.4, 0.5) is 8.78 Å². The van der Waals surface area contributed by atoms with Crippen LogP contribution in [-0.4, -0.2) is 24.3 Å². The van der Waals surface area contributed by atoms with Crippen LogP contribution in [0.1, 0.15) is 12.5 Å². The third-order valence-corrected chi connectivity index (χ3v) is 2.41. The summed E-state index contributed by atoms with van der Waals surface area (Å²) >= 11 is 5.55. The number of ether oxygens (including phenoxy) is 2. The van der Waals surface area contributed by atoms with Crippen molar-refractivity contribution in [3.8, 4) is 5.75 Å². The van der Waals surface area contributed by atoms with Gasteiger partial charge in [-0.3, -0.25) is 0 Å². The number of esters is 1. The third kappa shape index (κ3) is 3.30. The SMILES string of the molecule is CCOC(=O)COc1c(F)cc(CO)c(Cl)c1F. The summed E-state index contributed by atoms with van der Waals surface area (Å²) in [5.74, 6) is -3.74. The highest BCUT2D eigenvalue weighted by Gasteiger charge is 2.19. The van der Waals surface area contributed by atoms with E-state index >= 15 is 0 Å². The highest BCUT2D eigenvalue weighted by atomic mass is 35.5. The number of aliphatic hydroxyl groups excluding tert-OH is 1. The van der Waals surface area contributed by atoms with E-state index in [0.29, 0.717) is 0 Å². The Labute approximate surface area is 107 Å². The molecule has 7 heteroatoms. The topological polar surface area (TPSA) is 55.8 Å². The van der Waals surface area contributed by atoms with Crippen molar-refractivity contribution >= 4 is 17.6 Å². The van der Waals surface area contributed by atoms with Gasteiger partial charge >= 0.3 is 5.97 Å². The van der Waals surface area contributed by atoms with E-state index in [-0.39, 0.29) is 12.2 Å². The number of aliphatic hydroxyl groups is 1. The molecule has 0 bridgehead atoms. The molecule has 0 radical (unpaired) electrons. The van der Waals surface area contributed by atoms with Crippen molar-refractivity contribution in [2.75, 3.05) is 13.2 Å². The third-order valence-electron chi connectivity index (χ3n) is 2.00. The first-order valence-electron chi connectivity index (χ1n) is 5.06. The number of hydrogen-bond acceptors (Lipinski definition) is 4. The molecule has 0 aliphatic heterocycles. The molecule has 0 heterocycles. The second kappa shape index (κ2) is 6.51. The van der Waals surface area contributed by atoms with Gasteiger partial charge in [0, 0.05) is 5.56 Å². The largest absolute Gasteiger partial charge is 0.476 e. The van der Waals surface area contributed by atoms with Gasteiger partial charge in [0.15, 0.2) is 24.0 Å². The molecule has 0 aliphatic carbocycles. The summed E-state index contributed by atoms with van der Waals surface area (Å²) in [6.45, 7) is 0.491. The molecule has 0 aromatic heterocycles. The van der Waals surface area contributed by atoms with Crippen molar-refractivity contribution in [2.45, 2.75) is 13.5 Å². The number of rotatable bonds is 5. The zero-order chi connectivity index (χ0) is 13.7. The van der Waals surface area contributed by atoms with Crippen molar-refractivity contribution in [3.63, 3.8) is 0 Å². The van der Waals surface area contributed by atoms with Crippen LogP contribution in [-0.2, 0) is 16.1 Å². The molecule has 100 valence electrons. The Balaban J connectivity index is 2.90. The van der Waals surface area contributed by atoms with Crippen LogP contribution in [0.25, 0.3) is 0 Å². The molecule has 0 aliphatic rings. The summed E-state index contributed by atoms with van der Waals surface area (Å²) < 4.78 is 36.2. The first kappa shape index (κ1) is 14.7. The van der Waals surface area contributed by atoms with Gasteiger partial charge in [0.05, 0.1) is 18.2 Å². The standard InChI is InChI=1S/C11H11ClF2O4/c1-2-17-8(16)5-18-11-7(13)3-6(4-15)9(12)10(11)14/h3,15H,2,4-5H2,1H3. The molecule has 1 rings (SSSR count).